The van der Waals surface area contributed by atoms with Gasteiger partial charge in [-0.25, -0.2) is 9.98 Å². The summed E-state index contributed by atoms with van der Waals surface area (Å²) in [6.45, 7) is 12.4. The van der Waals surface area contributed by atoms with Crippen molar-refractivity contribution < 1.29 is 4.74 Å². The molecule has 21 heavy (non-hydrogen) atoms. The molecule has 6 heteroatoms. The van der Waals surface area contributed by atoms with Crippen LogP contribution < -0.4 is 15.4 Å². The van der Waals surface area contributed by atoms with Crippen LogP contribution in [0.5, 0.6) is 5.88 Å². The molecule has 2 N–H and O–H groups in total. The van der Waals surface area contributed by atoms with Gasteiger partial charge in [0.25, 0.3) is 0 Å². The topological polar surface area (TPSA) is 58.5 Å². The van der Waals surface area contributed by atoms with Gasteiger partial charge in [-0.2, -0.15) is 0 Å². The fraction of sp³-hybridized carbons (Fsp3) is 0.600. The smallest absolute Gasteiger partial charge is 0.213 e. The Hall–Kier alpha value is -1.05. The first-order valence-corrected chi connectivity index (χ1v) is 7.09. The molecule has 0 aromatic carbocycles. The molecule has 0 aliphatic carbocycles. The van der Waals surface area contributed by atoms with Gasteiger partial charge in [0.2, 0.25) is 5.88 Å². The van der Waals surface area contributed by atoms with Gasteiger partial charge in [0.1, 0.15) is 0 Å². The van der Waals surface area contributed by atoms with Crippen molar-refractivity contribution in [2.75, 3.05) is 13.2 Å². The summed E-state index contributed by atoms with van der Waals surface area (Å²) in [5, 5.41) is 6.60. The molecule has 0 radical (unpaired) electrons. The van der Waals surface area contributed by atoms with Crippen LogP contribution >= 0.6 is 24.0 Å². The zero-order valence-corrected chi connectivity index (χ0v) is 15.9. The van der Waals surface area contributed by atoms with Crippen LogP contribution in [0.15, 0.2) is 23.3 Å². The monoisotopic (exact) mass is 406 g/mol. The van der Waals surface area contributed by atoms with Gasteiger partial charge in [0.05, 0.1) is 13.2 Å². The van der Waals surface area contributed by atoms with E-state index in [9.17, 15) is 0 Å². The van der Waals surface area contributed by atoms with Crippen molar-refractivity contribution in [3.63, 3.8) is 0 Å². The number of aromatic nitrogens is 1. The van der Waals surface area contributed by atoms with Crippen LogP contribution in [0.2, 0.25) is 0 Å². The van der Waals surface area contributed by atoms with Gasteiger partial charge in [0, 0.05) is 24.3 Å². The first-order valence-electron chi connectivity index (χ1n) is 7.09. The number of guanidine groups is 1. The maximum Gasteiger partial charge on any atom is 0.213 e. The minimum atomic E-state index is -0.0181. The molecule has 0 aliphatic heterocycles. The summed E-state index contributed by atoms with van der Waals surface area (Å²) in [7, 11) is 0. The van der Waals surface area contributed by atoms with Crippen molar-refractivity contribution >= 4 is 29.9 Å². The van der Waals surface area contributed by atoms with E-state index < -0.39 is 0 Å². The number of halogens is 1. The van der Waals surface area contributed by atoms with Crippen LogP contribution in [0, 0.1) is 0 Å². The molecule has 1 heterocycles. The van der Waals surface area contributed by atoms with Gasteiger partial charge in [-0.05, 0) is 46.2 Å². The lowest BCUT2D eigenvalue weighted by atomic mass is 10.1. The summed E-state index contributed by atoms with van der Waals surface area (Å²) < 4.78 is 5.39. The number of rotatable bonds is 5. The highest BCUT2D eigenvalue weighted by Crippen LogP contribution is 2.10. The van der Waals surface area contributed by atoms with Gasteiger partial charge in [-0.3, -0.25) is 0 Å². The average Bonchev–Trinajstić information content (AvgIpc) is 2.35. The van der Waals surface area contributed by atoms with E-state index in [-0.39, 0.29) is 29.5 Å². The minimum absolute atomic E-state index is 0. The van der Waals surface area contributed by atoms with Crippen molar-refractivity contribution in [3.8, 4) is 5.88 Å². The van der Waals surface area contributed by atoms with E-state index in [1.165, 1.54) is 0 Å². The number of pyridine rings is 1. The molecular formula is C15H27IN4O. The third-order valence-corrected chi connectivity index (χ3v) is 2.35. The van der Waals surface area contributed by atoms with E-state index in [1.54, 1.807) is 6.20 Å². The lowest BCUT2D eigenvalue weighted by Gasteiger charge is -2.23. The number of aliphatic imine (C=N–C) groups is 1. The number of hydrogen-bond donors (Lipinski definition) is 2. The molecule has 1 aromatic heterocycles. The molecule has 0 unspecified atom stereocenters. The predicted molar refractivity (Wildman–Crippen MR) is 98.5 cm³/mol. The van der Waals surface area contributed by atoms with Gasteiger partial charge >= 0.3 is 0 Å². The SMILES string of the molecule is CCNC(=NCc1ccnc(OCC)c1)NC(C)(C)C.I. The Labute approximate surface area is 145 Å². The molecule has 0 saturated heterocycles. The highest BCUT2D eigenvalue weighted by Gasteiger charge is 2.11. The number of nitrogens with one attached hydrogen (secondary N) is 2. The Morgan fingerprint density at radius 3 is 2.62 bits per heavy atom. The summed E-state index contributed by atoms with van der Waals surface area (Å²) in [6, 6.07) is 3.88. The lowest BCUT2D eigenvalue weighted by Crippen LogP contribution is -2.47. The fourth-order valence-corrected chi connectivity index (χ4v) is 1.61. The molecule has 5 nitrogen and oxygen atoms in total. The molecule has 0 aliphatic rings. The van der Waals surface area contributed by atoms with E-state index in [0.29, 0.717) is 19.0 Å². The van der Waals surface area contributed by atoms with E-state index in [1.807, 2.05) is 19.1 Å². The van der Waals surface area contributed by atoms with Crippen molar-refractivity contribution in [2.45, 2.75) is 46.7 Å². The minimum Gasteiger partial charge on any atom is -0.478 e. The molecule has 0 bridgehead atoms. The number of hydrogen-bond acceptors (Lipinski definition) is 3. The second-order valence-corrected chi connectivity index (χ2v) is 5.51. The molecule has 0 fully saturated rings. The van der Waals surface area contributed by atoms with Crippen LogP contribution in [0.3, 0.4) is 0 Å². The Morgan fingerprint density at radius 1 is 1.33 bits per heavy atom. The van der Waals surface area contributed by atoms with Crippen molar-refractivity contribution in [1.29, 1.82) is 0 Å². The Bertz CT molecular complexity index is 444. The molecule has 0 atom stereocenters. The van der Waals surface area contributed by atoms with Crippen LogP contribution in [-0.4, -0.2) is 29.6 Å². The first kappa shape index (κ1) is 19.9. The summed E-state index contributed by atoms with van der Waals surface area (Å²) >= 11 is 0. The van der Waals surface area contributed by atoms with Gasteiger partial charge < -0.3 is 15.4 Å². The first-order chi connectivity index (χ1) is 9.44. The van der Waals surface area contributed by atoms with Gasteiger partial charge in [-0.15, -0.1) is 24.0 Å². The van der Waals surface area contributed by atoms with Crippen LogP contribution in [0.4, 0.5) is 0 Å². The quantitative estimate of drug-likeness (QED) is 0.449. The van der Waals surface area contributed by atoms with Crippen LogP contribution in [-0.2, 0) is 6.54 Å². The van der Waals surface area contributed by atoms with E-state index in [2.05, 4.69) is 48.3 Å². The highest BCUT2D eigenvalue weighted by molar-refractivity contribution is 14.0. The molecular weight excluding hydrogens is 379 g/mol. The summed E-state index contributed by atoms with van der Waals surface area (Å²) in [5.74, 6) is 1.46. The predicted octanol–water partition coefficient (Wildman–Crippen LogP) is 2.95. The number of nitrogens with zero attached hydrogens (tertiary/aromatic N) is 2. The lowest BCUT2D eigenvalue weighted by molar-refractivity contribution is 0.326. The van der Waals surface area contributed by atoms with Crippen molar-refractivity contribution in [3.05, 3.63) is 23.9 Å². The highest BCUT2D eigenvalue weighted by atomic mass is 127. The molecule has 0 amide bonds. The molecule has 1 rings (SSSR count). The molecule has 120 valence electrons. The number of ether oxygens (including phenoxy) is 1. The molecule has 0 saturated carbocycles. The van der Waals surface area contributed by atoms with Crippen molar-refractivity contribution in [1.82, 2.24) is 15.6 Å². The van der Waals surface area contributed by atoms with Crippen molar-refractivity contribution in [2.24, 2.45) is 4.99 Å². The fourth-order valence-electron chi connectivity index (χ4n) is 1.61. The molecule has 0 spiro atoms. The molecule has 1 aromatic rings. The summed E-state index contributed by atoms with van der Waals surface area (Å²) in [6.07, 6.45) is 1.75. The van der Waals surface area contributed by atoms with E-state index in [4.69, 9.17) is 4.74 Å². The maximum absolute atomic E-state index is 5.39. The van der Waals surface area contributed by atoms with Gasteiger partial charge in [0.15, 0.2) is 5.96 Å². The average molecular weight is 406 g/mol. The largest absolute Gasteiger partial charge is 0.478 e. The Balaban J connectivity index is 0.00000400. The van der Waals surface area contributed by atoms with E-state index >= 15 is 0 Å². The second kappa shape index (κ2) is 9.81. The summed E-state index contributed by atoms with van der Waals surface area (Å²) in [5.41, 5.74) is 1.06. The zero-order valence-electron chi connectivity index (χ0n) is 13.6. The zero-order chi connectivity index (χ0) is 15.0. The second-order valence-electron chi connectivity index (χ2n) is 5.51. The maximum atomic E-state index is 5.39. The van der Waals surface area contributed by atoms with Gasteiger partial charge in [-0.1, -0.05) is 0 Å². The standard InChI is InChI=1S/C15H26N4O.HI/c1-6-16-14(19-15(3,4)5)18-11-12-8-9-17-13(10-12)20-7-2;/h8-10H,6-7,11H2,1-5H3,(H2,16,18,19);1H. The Morgan fingerprint density at radius 2 is 2.05 bits per heavy atom. The Kier molecular flexibility index (Phi) is 9.32. The van der Waals surface area contributed by atoms with E-state index in [0.717, 1.165) is 18.1 Å². The normalized spacial score (nSPS) is 11.6. The summed E-state index contributed by atoms with van der Waals surface area (Å²) in [4.78, 5) is 8.73. The third kappa shape index (κ3) is 8.75. The third-order valence-electron chi connectivity index (χ3n) is 2.35. The van der Waals surface area contributed by atoms with Crippen LogP contribution in [0.25, 0.3) is 0 Å². The van der Waals surface area contributed by atoms with Crippen LogP contribution in [0.1, 0.15) is 40.2 Å².